The maximum Gasteiger partial charge on any atom is 0.573 e. The van der Waals surface area contributed by atoms with E-state index in [1.54, 1.807) is 24.4 Å². The van der Waals surface area contributed by atoms with Crippen molar-refractivity contribution in [1.82, 2.24) is 15.2 Å². The minimum atomic E-state index is -4.79. The Morgan fingerprint density at radius 3 is 2.35 bits per heavy atom. The largest absolute Gasteiger partial charge is 0.573 e. The molecule has 2 heterocycles. The van der Waals surface area contributed by atoms with Gasteiger partial charge >= 0.3 is 6.36 Å². The standard InChI is InChI=1S/C27H27ClF3N3O3/c28-21-10-8-19(9-11-21)25(22-5-3-4-14-32-22)33-26(35)20-12-15-34(16-13-20)17-18-36-23-6-1-2-7-24(23)37-27(29,30)31/h1-11,14,20,25H,12-13,15-18H2,(H,33,35)/t25-/m1/s1. The molecule has 0 radical (unpaired) electrons. The number of pyridine rings is 1. The van der Waals surface area contributed by atoms with E-state index in [-0.39, 0.29) is 29.9 Å². The molecule has 0 aliphatic carbocycles. The molecule has 1 saturated heterocycles. The second-order valence-electron chi connectivity index (χ2n) is 8.71. The Balaban J connectivity index is 1.28. The first-order chi connectivity index (χ1) is 17.8. The third-order valence-corrected chi connectivity index (χ3v) is 6.42. The zero-order valence-corrected chi connectivity index (χ0v) is 20.7. The maximum absolute atomic E-state index is 13.2. The van der Waals surface area contributed by atoms with Crippen molar-refractivity contribution < 1.29 is 27.4 Å². The molecule has 10 heteroatoms. The molecular weight excluding hydrogens is 507 g/mol. The Labute approximate surface area is 218 Å². The van der Waals surface area contributed by atoms with Gasteiger partial charge in [0.25, 0.3) is 0 Å². The summed E-state index contributed by atoms with van der Waals surface area (Å²) in [5.74, 6) is -0.526. The third-order valence-electron chi connectivity index (χ3n) is 6.17. The smallest absolute Gasteiger partial charge is 0.488 e. The molecule has 1 fully saturated rings. The zero-order chi connectivity index (χ0) is 26.3. The number of para-hydroxylation sites is 2. The van der Waals surface area contributed by atoms with Crippen molar-refractivity contribution in [3.8, 4) is 11.5 Å². The number of aromatic nitrogens is 1. The Morgan fingerprint density at radius 2 is 1.70 bits per heavy atom. The fraction of sp³-hybridized carbons (Fsp3) is 0.333. The summed E-state index contributed by atoms with van der Waals surface area (Å²) in [7, 11) is 0. The second kappa shape index (κ2) is 12.3. The van der Waals surface area contributed by atoms with Gasteiger partial charge < -0.3 is 14.8 Å². The van der Waals surface area contributed by atoms with Gasteiger partial charge in [0.2, 0.25) is 5.91 Å². The first-order valence-electron chi connectivity index (χ1n) is 12.0. The predicted octanol–water partition coefficient (Wildman–Crippen LogP) is 5.63. The van der Waals surface area contributed by atoms with Crippen LogP contribution in [0.25, 0.3) is 0 Å². The number of hydrogen-bond donors (Lipinski definition) is 1. The number of halogens is 4. The van der Waals surface area contributed by atoms with E-state index in [0.29, 0.717) is 37.5 Å². The van der Waals surface area contributed by atoms with E-state index in [9.17, 15) is 18.0 Å². The second-order valence-corrected chi connectivity index (χ2v) is 9.14. The number of ether oxygens (including phenoxy) is 2. The molecule has 37 heavy (non-hydrogen) atoms. The maximum atomic E-state index is 13.2. The Bertz CT molecular complexity index is 1150. The van der Waals surface area contributed by atoms with Crippen LogP contribution >= 0.6 is 11.6 Å². The molecule has 4 rings (SSSR count). The highest BCUT2D eigenvalue weighted by Crippen LogP contribution is 2.32. The van der Waals surface area contributed by atoms with E-state index in [0.717, 1.165) is 11.3 Å². The molecular formula is C27H27ClF3N3O3. The van der Waals surface area contributed by atoms with Gasteiger partial charge in [0, 0.05) is 23.7 Å². The van der Waals surface area contributed by atoms with E-state index in [1.165, 1.54) is 18.2 Å². The Hall–Kier alpha value is -3.30. The van der Waals surface area contributed by atoms with Crippen molar-refractivity contribution in [2.45, 2.75) is 25.2 Å². The van der Waals surface area contributed by atoms with Crippen molar-refractivity contribution in [3.63, 3.8) is 0 Å². The van der Waals surface area contributed by atoms with Crippen LogP contribution in [0.5, 0.6) is 11.5 Å². The summed E-state index contributed by atoms with van der Waals surface area (Å²) in [4.78, 5) is 19.7. The quantitative estimate of drug-likeness (QED) is 0.386. The molecule has 1 aromatic heterocycles. The number of likely N-dealkylation sites (tertiary alicyclic amines) is 1. The van der Waals surface area contributed by atoms with E-state index in [1.807, 2.05) is 30.3 Å². The molecule has 0 saturated carbocycles. The van der Waals surface area contributed by atoms with Crippen LogP contribution in [0.3, 0.4) is 0 Å². The first-order valence-corrected chi connectivity index (χ1v) is 12.3. The molecule has 2 aromatic carbocycles. The molecule has 1 amide bonds. The lowest BCUT2D eigenvalue weighted by molar-refractivity contribution is -0.275. The van der Waals surface area contributed by atoms with Gasteiger partial charge in [0.05, 0.1) is 11.7 Å². The van der Waals surface area contributed by atoms with Crippen LogP contribution in [-0.4, -0.2) is 48.4 Å². The third kappa shape index (κ3) is 7.84. The summed E-state index contributed by atoms with van der Waals surface area (Å²) in [6.07, 6.45) is -1.77. The summed E-state index contributed by atoms with van der Waals surface area (Å²) in [6.45, 7) is 2.08. The van der Waals surface area contributed by atoms with E-state index >= 15 is 0 Å². The van der Waals surface area contributed by atoms with Gasteiger partial charge in [0.15, 0.2) is 11.5 Å². The average molecular weight is 534 g/mol. The lowest BCUT2D eigenvalue weighted by atomic mass is 9.94. The number of hydrogen-bond acceptors (Lipinski definition) is 5. The van der Waals surface area contributed by atoms with Crippen molar-refractivity contribution in [2.24, 2.45) is 5.92 Å². The van der Waals surface area contributed by atoms with Crippen LogP contribution in [0.2, 0.25) is 5.02 Å². The van der Waals surface area contributed by atoms with Gasteiger partial charge in [-0.1, -0.05) is 41.9 Å². The average Bonchev–Trinajstić information content (AvgIpc) is 2.89. The first kappa shape index (κ1) is 26.8. The number of piperidine rings is 1. The van der Waals surface area contributed by atoms with E-state index < -0.39 is 12.4 Å². The molecule has 1 N–H and O–H groups in total. The SMILES string of the molecule is O=C(N[C@H](c1ccc(Cl)cc1)c1ccccn1)C1CCN(CCOc2ccccc2OC(F)(F)F)CC1. The van der Waals surface area contributed by atoms with E-state index in [4.69, 9.17) is 16.3 Å². The lowest BCUT2D eigenvalue weighted by Gasteiger charge is -2.32. The van der Waals surface area contributed by atoms with Crippen molar-refractivity contribution in [1.29, 1.82) is 0 Å². The molecule has 1 aliphatic heterocycles. The fourth-order valence-corrected chi connectivity index (χ4v) is 4.40. The Kier molecular flexibility index (Phi) is 8.89. The molecule has 3 aromatic rings. The molecule has 0 unspecified atom stereocenters. The topological polar surface area (TPSA) is 63.7 Å². The molecule has 0 spiro atoms. The van der Waals surface area contributed by atoms with Crippen LogP contribution in [0.4, 0.5) is 13.2 Å². The van der Waals surface area contributed by atoms with Crippen molar-refractivity contribution in [2.75, 3.05) is 26.2 Å². The van der Waals surface area contributed by atoms with Crippen molar-refractivity contribution in [3.05, 3.63) is 89.2 Å². The zero-order valence-electron chi connectivity index (χ0n) is 20.0. The number of amides is 1. The number of nitrogens with one attached hydrogen (secondary N) is 1. The lowest BCUT2D eigenvalue weighted by Crippen LogP contribution is -2.43. The van der Waals surface area contributed by atoms with Crippen LogP contribution in [0, 0.1) is 5.92 Å². The van der Waals surface area contributed by atoms with Crippen LogP contribution < -0.4 is 14.8 Å². The number of benzene rings is 2. The fourth-order valence-electron chi connectivity index (χ4n) is 4.27. The number of rotatable bonds is 9. The Morgan fingerprint density at radius 1 is 1.03 bits per heavy atom. The van der Waals surface area contributed by atoms with Gasteiger partial charge in [-0.25, -0.2) is 0 Å². The summed E-state index contributed by atoms with van der Waals surface area (Å²) in [5, 5.41) is 3.76. The normalized spacial score (nSPS) is 15.7. The number of nitrogens with zero attached hydrogens (tertiary/aromatic N) is 2. The van der Waals surface area contributed by atoms with Gasteiger partial charge in [-0.3, -0.25) is 14.7 Å². The van der Waals surface area contributed by atoms with Gasteiger partial charge in [-0.05, 0) is 67.9 Å². The highest BCUT2D eigenvalue weighted by atomic mass is 35.5. The summed E-state index contributed by atoms with van der Waals surface area (Å²) < 4.78 is 47.4. The monoisotopic (exact) mass is 533 g/mol. The van der Waals surface area contributed by atoms with E-state index in [2.05, 4.69) is 19.9 Å². The molecule has 196 valence electrons. The number of alkyl halides is 3. The van der Waals surface area contributed by atoms with Crippen molar-refractivity contribution >= 4 is 17.5 Å². The van der Waals surface area contributed by atoms with Crippen LogP contribution in [0.1, 0.15) is 30.1 Å². The molecule has 0 bridgehead atoms. The molecule has 6 nitrogen and oxygen atoms in total. The summed E-state index contributed by atoms with van der Waals surface area (Å²) in [6, 6.07) is 18.2. The van der Waals surface area contributed by atoms with Crippen LogP contribution in [0.15, 0.2) is 72.9 Å². The highest BCUT2D eigenvalue weighted by molar-refractivity contribution is 6.30. The predicted molar refractivity (Wildman–Crippen MR) is 133 cm³/mol. The summed E-state index contributed by atoms with van der Waals surface area (Å²) >= 11 is 6.04. The molecule has 1 aliphatic rings. The van der Waals surface area contributed by atoms with Gasteiger partial charge in [0.1, 0.15) is 6.61 Å². The highest BCUT2D eigenvalue weighted by Gasteiger charge is 2.32. The number of carbonyl (C=O) groups excluding carboxylic acids is 1. The molecule has 1 atom stereocenters. The van der Waals surface area contributed by atoms with Crippen LogP contribution in [-0.2, 0) is 4.79 Å². The van der Waals surface area contributed by atoms with Gasteiger partial charge in [-0.2, -0.15) is 0 Å². The van der Waals surface area contributed by atoms with Gasteiger partial charge in [-0.15, -0.1) is 13.2 Å². The minimum Gasteiger partial charge on any atom is -0.488 e. The summed E-state index contributed by atoms with van der Waals surface area (Å²) in [5.41, 5.74) is 1.63. The minimum absolute atomic E-state index is 0.0388. The number of carbonyl (C=O) groups is 1.